The highest BCUT2D eigenvalue weighted by Crippen LogP contribution is 2.40. The first-order chi connectivity index (χ1) is 8.67. The van der Waals surface area contributed by atoms with Crippen molar-refractivity contribution < 1.29 is 4.84 Å². The molecule has 0 fully saturated rings. The molecule has 1 unspecified atom stereocenters. The summed E-state index contributed by atoms with van der Waals surface area (Å²) in [5.41, 5.74) is 0.940. The summed E-state index contributed by atoms with van der Waals surface area (Å²) < 4.78 is 0.888. The number of halogens is 1. The number of oxime groups is 1. The van der Waals surface area contributed by atoms with Crippen LogP contribution in [0, 0.1) is 0 Å². The van der Waals surface area contributed by atoms with Crippen LogP contribution in [0.1, 0.15) is 18.9 Å². The van der Waals surface area contributed by atoms with Gasteiger partial charge in [-0.15, -0.1) is 0 Å². The largest absolute Gasteiger partial charge is 0.387 e. The third kappa shape index (κ3) is 2.21. The molecule has 0 aromatic heterocycles. The van der Waals surface area contributed by atoms with Crippen LogP contribution in [0.2, 0.25) is 0 Å². The topological polar surface area (TPSA) is 34.0 Å². The summed E-state index contributed by atoms with van der Waals surface area (Å²) in [6.45, 7) is 2.90. The second-order valence-electron chi connectivity index (χ2n) is 4.67. The Morgan fingerprint density at radius 2 is 2.17 bits per heavy atom. The summed E-state index contributed by atoms with van der Waals surface area (Å²) in [5.74, 6) is 0. The SMILES string of the molecule is C[C@@]1(C2CN=C(c3ccccc3)S2)CC(Br)=NO1. The third-order valence-electron chi connectivity index (χ3n) is 3.21. The molecule has 2 atom stereocenters. The lowest BCUT2D eigenvalue weighted by Gasteiger charge is -2.26. The van der Waals surface area contributed by atoms with E-state index in [-0.39, 0.29) is 5.60 Å². The van der Waals surface area contributed by atoms with E-state index in [2.05, 4.69) is 45.1 Å². The number of hydrogen-bond donors (Lipinski definition) is 0. The van der Waals surface area contributed by atoms with Crippen LogP contribution in [-0.2, 0) is 4.84 Å². The second kappa shape index (κ2) is 4.70. The Morgan fingerprint density at radius 1 is 1.39 bits per heavy atom. The molecular formula is C13H13BrN2OS. The fourth-order valence-electron chi connectivity index (χ4n) is 2.11. The Kier molecular flexibility index (Phi) is 3.20. The average molecular weight is 325 g/mol. The fraction of sp³-hybridized carbons (Fsp3) is 0.385. The average Bonchev–Trinajstić information content (AvgIpc) is 2.99. The van der Waals surface area contributed by atoms with Gasteiger partial charge in [-0.3, -0.25) is 4.99 Å². The van der Waals surface area contributed by atoms with Gasteiger partial charge in [0.2, 0.25) is 0 Å². The summed E-state index contributed by atoms with van der Waals surface area (Å²) in [6.07, 6.45) is 0.822. The lowest BCUT2D eigenvalue weighted by molar-refractivity contribution is -0.00239. The zero-order valence-electron chi connectivity index (χ0n) is 9.97. The van der Waals surface area contributed by atoms with E-state index in [4.69, 9.17) is 4.84 Å². The molecule has 18 heavy (non-hydrogen) atoms. The Morgan fingerprint density at radius 3 is 2.83 bits per heavy atom. The summed E-state index contributed by atoms with van der Waals surface area (Å²) in [6, 6.07) is 10.3. The maximum Gasteiger partial charge on any atom is 0.155 e. The molecule has 3 rings (SSSR count). The van der Waals surface area contributed by atoms with Crippen molar-refractivity contribution in [1.29, 1.82) is 0 Å². The minimum Gasteiger partial charge on any atom is -0.387 e. The lowest BCUT2D eigenvalue weighted by atomic mass is 9.99. The highest BCUT2D eigenvalue weighted by molar-refractivity contribution is 9.18. The first-order valence-corrected chi connectivity index (χ1v) is 7.52. The molecule has 1 aromatic rings. The van der Waals surface area contributed by atoms with E-state index in [9.17, 15) is 0 Å². The molecule has 0 spiro atoms. The molecular weight excluding hydrogens is 312 g/mol. The predicted octanol–water partition coefficient (Wildman–Crippen LogP) is 3.44. The standard InChI is InChI=1S/C13H13BrN2OS/c1-13(7-11(14)16-17-13)10-8-15-12(18-10)9-5-3-2-4-6-9/h2-6,10H,7-8H2,1H3/t10?,13-/m0/s1. The van der Waals surface area contributed by atoms with Crippen LogP contribution in [0.4, 0.5) is 0 Å². The van der Waals surface area contributed by atoms with E-state index in [1.807, 2.05) is 18.2 Å². The van der Waals surface area contributed by atoms with Crippen LogP contribution in [0.15, 0.2) is 40.5 Å². The van der Waals surface area contributed by atoms with Crippen molar-refractivity contribution in [3.8, 4) is 0 Å². The highest BCUT2D eigenvalue weighted by atomic mass is 79.9. The molecule has 0 bridgehead atoms. The minimum absolute atomic E-state index is 0.246. The van der Waals surface area contributed by atoms with Gasteiger partial charge in [0.25, 0.3) is 0 Å². The highest BCUT2D eigenvalue weighted by Gasteiger charge is 2.44. The Balaban J connectivity index is 1.72. The van der Waals surface area contributed by atoms with Crippen LogP contribution in [-0.4, -0.2) is 27.1 Å². The first kappa shape index (κ1) is 12.2. The van der Waals surface area contributed by atoms with Gasteiger partial charge in [0.05, 0.1) is 16.8 Å². The van der Waals surface area contributed by atoms with Gasteiger partial charge in [-0.25, -0.2) is 0 Å². The Bertz CT molecular complexity index is 517. The van der Waals surface area contributed by atoms with Crippen molar-refractivity contribution in [3.05, 3.63) is 35.9 Å². The number of nitrogens with zero attached hydrogens (tertiary/aromatic N) is 2. The van der Waals surface area contributed by atoms with Crippen molar-refractivity contribution in [1.82, 2.24) is 0 Å². The third-order valence-corrected chi connectivity index (χ3v) is 5.15. The quantitative estimate of drug-likeness (QED) is 0.835. The molecule has 0 N–H and O–H groups in total. The number of benzene rings is 1. The van der Waals surface area contributed by atoms with Crippen LogP contribution in [0.25, 0.3) is 0 Å². The molecule has 94 valence electrons. The second-order valence-corrected chi connectivity index (χ2v) is 6.77. The number of rotatable bonds is 2. The van der Waals surface area contributed by atoms with Gasteiger partial charge in [-0.1, -0.05) is 47.2 Å². The molecule has 1 aromatic carbocycles. The predicted molar refractivity (Wildman–Crippen MR) is 79.7 cm³/mol. The van der Waals surface area contributed by atoms with E-state index in [1.54, 1.807) is 11.8 Å². The monoisotopic (exact) mass is 324 g/mol. The van der Waals surface area contributed by atoms with Gasteiger partial charge >= 0.3 is 0 Å². The van der Waals surface area contributed by atoms with Crippen molar-refractivity contribution in [2.45, 2.75) is 24.2 Å². The van der Waals surface area contributed by atoms with Gasteiger partial charge < -0.3 is 4.84 Å². The van der Waals surface area contributed by atoms with Gasteiger partial charge in [0, 0.05) is 12.0 Å². The molecule has 2 heterocycles. The van der Waals surface area contributed by atoms with E-state index >= 15 is 0 Å². The van der Waals surface area contributed by atoms with Crippen LogP contribution >= 0.6 is 27.7 Å². The summed E-state index contributed by atoms with van der Waals surface area (Å²) in [4.78, 5) is 10.2. The van der Waals surface area contributed by atoms with Crippen molar-refractivity contribution >= 4 is 37.4 Å². The van der Waals surface area contributed by atoms with E-state index in [1.165, 1.54) is 5.56 Å². The number of hydrogen-bond acceptors (Lipinski definition) is 4. The van der Waals surface area contributed by atoms with Crippen LogP contribution < -0.4 is 0 Å². The molecule has 5 heteroatoms. The molecule has 0 amide bonds. The Hall–Kier alpha value is -0.810. The lowest BCUT2D eigenvalue weighted by Crippen LogP contribution is -2.37. The zero-order chi connectivity index (χ0) is 12.6. The van der Waals surface area contributed by atoms with Crippen LogP contribution in [0.5, 0.6) is 0 Å². The first-order valence-electron chi connectivity index (χ1n) is 5.84. The fourth-order valence-corrected chi connectivity index (χ4v) is 3.96. The van der Waals surface area contributed by atoms with E-state index in [0.29, 0.717) is 5.25 Å². The molecule has 2 aliphatic heterocycles. The summed E-state index contributed by atoms with van der Waals surface area (Å²) in [7, 11) is 0. The van der Waals surface area contributed by atoms with Crippen LogP contribution in [0.3, 0.4) is 0 Å². The molecule has 0 radical (unpaired) electrons. The van der Waals surface area contributed by atoms with E-state index < -0.39 is 0 Å². The molecule has 3 nitrogen and oxygen atoms in total. The van der Waals surface area contributed by atoms with Gasteiger partial charge in [0.15, 0.2) is 5.60 Å². The maximum absolute atomic E-state index is 5.57. The summed E-state index contributed by atoms with van der Waals surface area (Å²) in [5, 5.41) is 5.43. The molecule has 0 saturated heterocycles. The Labute approximate surface area is 119 Å². The van der Waals surface area contributed by atoms with Gasteiger partial charge in [0.1, 0.15) is 4.62 Å². The van der Waals surface area contributed by atoms with E-state index in [0.717, 1.165) is 22.6 Å². The number of thioether (sulfide) groups is 1. The number of aliphatic imine (C=N–C) groups is 1. The summed E-state index contributed by atoms with van der Waals surface area (Å²) >= 11 is 5.19. The normalized spacial score (nSPS) is 30.9. The van der Waals surface area contributed by atoms with Crippen molar-refractivity contribution in [2.24, 2.45) is 10.1 Å². The zero-order valence-corrected chi connectivity index (χ0v) is 12.4. The minimum atomic E-state index is -0.246. The van der Waals surface area contributed by atoms with Crippen molar-refractivity contribution in [3.63, 3.8) is 0 Å². The molecule has 0 aliphatic carbocycles. The smallest absolute Gasteiger partial charge is 0.155 e. The van der Waals surface area contributed by atoms with Gasteiger partial charge in [-0.05, 0) is 22.9 Å². The molecule has 0 saturated carbocycles. The van der Waals surface area contributed by atoms with Gasteiger partial charge in [-0.2, -0.15) is 0 Å². The van der Waals surface area contributed by atoms with Crippen molar-refractivity contribution in [2.75, 3.05) is 6.54 Å². The molecule has 2 aliphatic rings. The maximum atomic E-state index is 5.57.